The predicted molar refractivity (Wildman–Crippen MR) is 57.2 cm³/mol. The fourth-order valence-corrected chi connectivity index (χ4v) is 1.23. The molecule has 0 fully saturated rings. The Balaban J connectivity index is 4.07. The first-order valence-corrected chi connectivity index (χ1v) is 5.10. The van der Waals surface area contributed by atoms with Crippen LogP contribution in [0.25, 0.3) is 0 Å². The van der Waals surface area contributed by atoms with Gasteiger partial charge in [0.25, 0.3) is 0 Å². The van der Waals surface area contributed by atoms with E-state index < -0.39 is 17.9 Å². The fraction of sp³-hybridized carbons (Fsp3) is 0.800. The summed E-state index contributed by atoms with van der Waals surface area (Å²) in [5.74, 6) is -1.44. The Bertz CT molecular complexity index is 227. The highest BCUT2D eigenvalue weighted by Gasteiger charge is 2.20. The third-order valence-corrected chi connectivity index (χ3v) is 2.04. The summed E-state index contributed by atoms with van der Waals surface area (Å²) in [7, 11) is 0. The van der Waals surface area contributed by atoms with E-state index in [1.54, 1.807) is 6.92 Å². The molecular weight excluding hydrogens is 196 g/mol. The number of carboxylic acid groups (broad SMARTS) is 1. The maximum absolute atomic E-state index is 11.1. The molecule has 0 rings (SSSR count). The van der Waals surface area contributed by atoms with Gasteiger partial charge in [0.1, 0.15) is 0 Å². The monoisotopic (exact) mass is 216 g/mol. The van der Waals surface area contributed by atoms with Crippen LogP contribution in [-0.2, 0) is 9.59 Å². The summed E-state index contributed by atoms with van der Waals surface area (Å²) in [5, 5.41) is 11.4. The lowest BCUT2D eigenvalue weighted by Gasteiger charge is -2.16. The first-order chi connectivity index (χ1) is 6.84. The maximum atomic E-state index is 11.1. The van der Waals surface area contributed by atoms with Crippen LogP contribution in [0.4, 0.5) is 0 Å². The molecule has 4 N–H and O–H groups in total. The van der Waals surface area contributed by atoms with Crippen LogP contribution in [-0.4, -0.2) is 29.6 Å². The van der Waals surface area contributed by atoms with Crippen molar-refractivity contribution in [1.82, 2.24) is 5.32 Å². The highest BCUT2D eigenvalue weighted by atomic mass is 16.4. The molecule has 0 radical (unpaired) electrons. The molecule has 0 aromatic carbocycles. The number of hydrogen-bond acceptors (Lipinski definition) is 3. The standard InChI is InChI=1S/C10H20N2O3/c1-6(2)4-8(10(14)15)5-12-9(13)7(3)11/h6-8H,4-5,11H2,1-3H3,(H,12,13)(H,14,15)/t7-,8?/m1/s1. The van der Waals surface area contributed by atoms with Crippen molar-refractivity contribution in [2.45, 2.75) is 33.2 Å². The van der Waals surface area contributed by atoms with E-state index in [1.165, 1.54) is 0 Å². The van der Waals surface area contributed by atoms with Gasteiger partial charge < -0.3 is 16.2 Å². The molecular formula is C10H20N2O3. The second-order valence-corrected chi connectivity index (χ2v) is 4.20. The third kappa shape index (κ3) is 6.06. The average molecular weight is 216 g/mol. The van der Waals surface area contributed by atoms with Crippen molar-refractivity contribution in [3.8, 4) is 0 Å². The summed E-state index contributed by atoms with van der Waals surface area (Å²) in [5.41, 5.74) is 5.34. The molecule has 0 saturated carbocycles. The minimum Gasteiger partial charge on any atom is -0.481 e. The lowest BCUT2D eigenvalue weighted by molar-refractivity contribution is -0.142. The second-order valence-electron chi connectivity index (χ2n) is 4.20. The lowest BCUT2D eigenvalue weighted by atomic mass is 9.97. The van der Waals surface area contributed by atoms with Crippen LogP contribution in [0.3, 0.4) is 0 Å². The summed E-state index contributed by atoms with van der Waals surface area (Å²) in [6.07, 6.45) is 0.550. The average Bonchev–Trinajstić information content (AvgIpc) is 2.10. The van der Waals surface area contributed by atoms with Crippen LogP contribution in [0, 0.1) is 11.8 Å². The lowest BCUT2D eigenvalue weighted by Crippen LogP contribution is -2.42. The Hall–Kier alpha value is -1.10. The molecule has 0 aromatic rings. The van der Waals surface area contributed by atoms with Gasteiger partial charge in [-0.25, -0.2) is 0 Å². The van der Waals surface area contributed by atoms with Gasteiger partial charge in [-0.3, -0.25) is 9.59 Å². The molecule has 0 saturated heterocycles. The van der Waals surface area contributed by atoms with Crippen LogP contribution in [0.5, 0.6) is 0 Å². The molecule has 88 valence electrons. The summed E-state index contributed by atoms with van der Waals surface area (Å²) >= 11 is 0. The van der Waals surface area contributed by atoms with Gasteiger partial charge in [0.15, 0.2) is 0 Å². The zero-order valence-electron chi connectivity index (χ0n) is 9.49. The number of carbonyl (C=O) groups excluding carboxylic acids is 1. The number of aliphatic carboxylic acids is 1. The van der Waals surface area contributed by atoms with Gasteiger partial charge in [0.05, 0.1) is 12.0 Å². The smallest absolute Gasteiger partial charge is 0.308 e. The summed E-state index contributed by atoms with van der Waals surface area (Å²) in [6.45, 7) is 5.61. The van der Waals surface area contributed by atoms with Gasteiger partial charge in [-0.05, 0) is 19.3 Å². The zero-order chi connectivity index (χ0) is 12.0. The highest BCUT2D eigenvalue weighted by molar-refractivity contribution is 5.81. The number of carbonyl (C=O) groups is 2. The normalized spacial score (nSPS) is 14.7. The molecule has 0 bridgehead atoms. The molecule has 1 amide bonds. The molecule has 0 aromatic heterocycles. The zero-order valence-corrected chi connectivity index (χ0v) is 9.49. The number of nitrogens with one attached hydrogen (secondary N) is 1. The van der Waals surface area contributed by atoms with Crippen LogP contribution in [0.1, 0.15) is 27.2 Å². The summed E-state index contributed by atoms with van der Waals surface area (Å²) in [4.78, 5) is 22.0. The Kier molecular flexibility index (Phi) is 5.93. The van der Waals surface area contributed by atoms with E-state index in [4.69, 9.17) is 10.8 Å². The number of amides is 1. The van der Waals surface area contributed by atoms with Crippen LogP contribution in [0.2, 0.25) is 0 Å². The fourth-order valence-electron chi connectivity index (χ4n) is 1.23. The molecule has 0 spiro atoms. The molecule has 0 aliphatic rings. The molecule has 15 heavy (non-hydrogen) atoms. The molecule has 1 unspecified atom stereocenters. The minimum atomic E-state index is -0.881. The van der Waals surface area contributed by atoms with Gasteiger partial charge in [0, 0.05) is 6.54 Å². The van der Waals surface area contributed by atoms with E-state index in [2.05, 4.69) is 5.32 Å². The Morgan fingerprint density at radius 2 is 1.87 bits per heavy atom. The number of rotatable bonds is 6. The quantitative estimate of drug-likeness (QED) is 0.591. The molecule has 0 aliphatic heterocycles. The van der Waals surface area contributed by atoms with Gasteiger partial charge in [-0.2, -0.15) is 0 Å². The third-order valence-electron chi connectivity index (χ3n) is 2.04. The first-order valence-electron chi connectivity index (χ1n) is 5.10. The Morgan fingerprint density at radius 1 is 1.33 bits per heavy atom. The van der Waals surface area contributed by atoms with E-state index in [0.29, 0.717) is 12.3 Å². The molecule has 0 aliphatic carbocycles. The number of hydrogen-bond donors (Lipinski definition) is 3. The molecule has 5 heteroatoms. The molecule has 5 nitrogen and oxygen atoms in total. The number of nitrogens with two attached hydrogens (primary N) is 1. The Labute approximate surface area is 90.0 Å². The van der Waals surface area contributed by atoms with Crippen molar-refractivity contribution >= 4 is 11.9 Å². The van der Waals surface area contributed by atoms with E-state index in [9.17, 15) is 9.59 Å². The van der Waals surface area contributed by atoms with Gasteiger partial charge >= 0.3 is 5.97 Å². The molecule has 2 atom stereocenters. The van der Waals surface area contributed by atoms with Crippen LogP contribution >= 0.6 is 0 Å². The molecule has 0 heterocycles. The van der Waals surface area contributed by atoms with Crippen molar-refractivity contribution < 1.29 is 14.7 Å². The van der Waals surface area contributed by atoms with Crippen LogP contribution in [0.15, 0.2) is 0 Å². The Morgan fingerprint density at radius 3 is 2.20 bits per heavy atom. The highest BCUT2D eigenvalue weighted by Crippen LogP contribution is 2.10. The minimum absolute atomic E-state index is 0.147. The van der Waals surface area contributed by atoms with Crippen molar-refractivity contribution in [3.63, 3.8) is 0 Å². The van der Waals surface area contributed by atoms with Gasteiger partial charge in [0.2, 0.25) is 5.91 Å². The summed E-state index contributed by atoms with van der Waals surface area (Å²) in [6, 6.07) is -0.599. The van der Waals surface area contributed by atoms with Crippen molar-refractivity contribution in [1.29, 1.82) is 0 Å². The van der Waals surface area contributed by atoms with Crippen molar-refractivity contribution in [2.75, 3.05) is 6.54 Å². The largest absolute Gasteiger partial charge is 0.481 e. The van der Waals surface area contributed by atoms with E-state index >= 15 is 0 Å². The van der Waals surface area contributed by atoms with E-state index in [1.807, 2.05) is 13.8 Å². The summed E-state index contributed by atoms with van der Waals surface area (Å²) < 4.78 is 0. The first kappa shape index (κ1) is 13.9. The van der Waals surface area contributed by atoms with Crippen LogP contribution < -0.4 is 11.1 Å². The maximum Gasteiger partial charge on any atom is 0.308 e. The second kappa shape index (κ2) is 6.40. The topological polar surface area (TPSA) is 92.4 Å². The predicted octanol–water partition coefficient (Wildman–Crippen LogP) is 0.197. The van der Waals surface area contributed by atoms with Gasteiger partial charge in [-0.15, -0.1) is 0 Å². The van der Waals surface area contributed by atoms with Gasteiger partial charge in [-0.1, -0.05) is 13.8 Å². The SMILES string of the molecule is CC(C)CC(CNC(=O)[C@@H](C)N)C(=O)O. The van der Waals surface area contributed by atoms with Crippen molar-refractivity contribution in [2.24, 2.45) is 17.6 Å². The van der Waals surface area contributed by atoms with E-state index in [-0.39, 0.29) is 12.5 Å². The van der Waals surface area contributed by atoms with Crippen molar-refractivity contribution in [3.05, 3.63) is 0 Å². The van der Waals surface area contributed by atoms with E-state index in [0.717, 1.165) is 0 Å². The number of carboxylic acids is 1.